The van der Waals surface area contributed by atoms with E-state index in [4.69, 9.17) is 0 Å². The Kier molecular flexibility index (Phi) is 5.92. The normalized spacial score (nSPS) is 13.3. The molecule has 7 nitrogen and oxygen atoms in total. The number of benzene rings is 2. The van der Waals surface area contributed by atoms with Crippen LogP contribution in [0.2, 0.25) is 0 Å². The molecule has 0 bridgehead atoms. The van der Waals surface area contributed by atoms with Crippen LogP contribution >= 0.6 is 11.8 Å². The minimum atomic E-state index is -4.45. The number of carbonyl (C=O) groups excluding carboxylic acids is 1. The standard InChI is InChI=1S/C21H17F3N4O3S/c22-21(23,24)13-27-18(14-4-2-1-3-5-14)11-25-20(27)32-12-19(29)26-9-8-15-10-16(28(30)31)6-7-17(15)26/h1-7,10-11H,8-9,12-13H2. The number of nitro benzene ring substituents is 1. The number of thioether (sulfide) groups is 1. The molecule has 32 heavy (non-hydrogen) atoms. The maximum absolute atomic E-state index is 13.2. The first kappa shape index (κ1) is 21.9. The molecule has 0 fully saturated rings. The Morgan fingerprint density at radius 1 is 1.19 bits per heavy atom. The smallest absolute Gasteiger partial charge is 0.311 e. The summed E-state index contributed by atoms with van der Waals surface area (Å²) in [6.07, 6.45) is -2.60. The van der Waals surface area contributed by atoms with Gasteiger partial charge in [-0.1, -0.05) is 42.1 Å². The average Bonchev–Trinajstić information content (AvgIpc) is 3.35. The van der Waals surface area contributed by atoms with E-state index in [0.717, 1.165) is 16.3 Å². The lowest BCUT2D eigenvalue weighted by atomic mass is 10.1. The molecule has 2 heterocycles. The molecule has 1 aliphatic rings. The van der Waals surface area contributed by atoms with E-state index >= 15 is 0 Å². The number of non-ortho nitro benzene ring substituents is 1. The van der Waals surface area contributed by atoms with Crippen molar-refractivity contribution in [1.29, 1.82) is 0 Å². The second-order valence-electron chi connectivity index (χ2n) is 7.15. The third-order valence-corrected chi connectivity index (χ3v) is 6.00. The first-order valence-electron chi connectivity index (χ1n) is 9.61. The number of nitrogens with zero attached hydrogens (tertiary/aromatic N) is 4. The van der Waals surface area contributed by atoms with E-state index < -0.39 is 17.6 Å². The maximum atomic E-state index is 13.2. The van der Waals surface area contributed by atoms with Gasteiger partial charge in [0, 0.05) is 24.4 Å². The van der Waals surface area contributed by atoms with Crippen molar-refractivity contribution in [1.82, 2.24) is 9.55 Å². The molecule has 4 rings (SSSR count). The van der Waals surface area contributed by atoms with E-state index in [9.17, 15) is 28.1 Å². The zero-order valence-electron chi connectivity index (χ0n) is 16.6. The van der Waals surface area contributed by atoms with Gasteiger partial charge in [-0.25, -0.2) is 4.98 Å². The highest BCUT2D eigenvalue weighted by atomic mass is 32.2. The molecule has 0 aliphatic carbocycles. The largest absolute Gasteiger partial charge is 0.406 e. The Labute approximate surface area is 185 Å². The van der Waals surface area contributed by atoms with Crippen LogP contribution in [0.3, 0.4) is 0 Å². The van der Waals surface area contributed by atoms with Gasteiger partial charge in [0.25, 0.3) is 5.69 Å². The van der Waals surface area contributed by atoms with Gasteiger partial charge in [0.2, 0.25) is 5.91 Å². The van der Waals surface area contributed by atoms with Gasteiger partial charge in [0.1, 0.15) is 6.54 Å². The van der Waals surface area contributed by atoms with Gasteiger partial charge in [-0.05, 0) is 23.6 Å². The van der Waals surface area contributed by atoms with Crippen LogP contribution in [-0.2, 0) is 17.8 Å². The van der Waals surface area contributed by atoms with Gasteiger partial charge in [-0.3, -0.25) is 14.9 Å². The van der Waals surface area contributed by atoms with E-state index in [1.807, 2.05) is 0 Å². The topological polar surface area (TPSA) is 81.3 Å². The minimum Gasteiger partial charge on any atom is -0.311 e. The lowest BCUT2D eigenvalue weighted by Gasteiger charge is -2.18. The van der Waals surface area contributed by atoms with Crippen LogP contribution in [0.1, 0.15) is 5.56 Å². The minimum absolute atomic E-state index is 0.0463. The number of nitro groups is 1. The summed E-state index contributed by atoms with van der Waals surface area (Å²) in [5, 5.41) is 11.0. The summed E-state index contributed by atoms with van der Waals surface area (Å²) in [6.45, 7) is -0.855. The Balaban J connectivity index is 1.53. The number of amides is 1. The fourth-order valence-electron chi connectivity index (χ4n) is 3.61. The molecule has 0 N–H and O–H groups in total. The lowest BCUT2D eigenvalue weighted by molar-refractivity contribution is -0.384. The summed E-state index contributed by atoms with van der Waals surface area (Å²) >= 11 is 0.933. The fraction of sp³-hybridized carbons (Fsp3) is 0.238. The van der Waals surface area contributed by atoms with Crippen molar-refractivity contribution in [3.8, 4) is 11.3 Å². The van der Waals surface area contributed by atoms with Crippen molar-refractivity contribution in [2.45, 2.75) is 24.3 Å². The predicted molar refractivity (Wildman–Crippen MR) is 114 cm³/mol. The van der Waals surface area contributed by atoms with E-state index in [1.54, 1.807) is 30.3 Å². The number of hydrogen-bond donors (Lipinski definition) is 0. The van der Waals surface area contributed by atoms with Crippen LogP contribution in [0, 0.1) is 10.1 Å². The average molecular weight is 462 g/mol. The second-order valence-corrected chi connectivity index (χ2v) is 8.09. The SMILES string of the molecule is O=C(CSc1ncc(-c2ccccc2)n1CC(F)(F)F)N1CCc2cc([N+](=O)[O-])ccc21. The van der Waals surface area contributed by atoms with Gasteiger partial charge >= 0.3 is 6.18 Å². The number of hydrogen-bond acceptors (Lipinski definition) is 5. The Morgan fingerprint density at radius 3 is 2.62 bits per heavy atom. The number of halogens is 3. The molecule has 2 aromatic carbocycles. The van der Waals surface area contributed by atoms with Crippen molar-refractivity contribution in [3.05, 3.63) is 70.4 Å². The number of aromatic nitrogens is 2. The van der Waals surface area contributed by atoms with Gasteiger partial charge in [-0.2, -0.15) is 13.2 Å². The predicted octanol–water partition coefficient (Wildman–Crippen LogP) is 4.70. The molecule has 0 saturated heterocycles. The molecular weight excluding hydrogens is 445 g/mol. The molecule has 3 aromatic rings. The quantitative estimate of drug-likeness (QED) is 0.301. The van der Waals surface area contributed by atoms with Crippen molar-refractivity contribution < 1.29 is 22.9 Å². The number of carbonyl (C=O) groups is 1. The van der Waals surface area contributed by atoms with Crippen LogP contribution in [0.4, 0.5) is 24.5 Å². The monoisotopic (exact) mass is 462 g/mol. The van der Waals surface area contributed by atoms with Crippen molar-refractivity contribution in [2.75, 3.05) is 17.2 Å². The summed E-state index contributed by atoms with van der Waals surface area (Å²) < 4.78 is 40.7. The molecule has 1 amide bonds. The molecule has 166 valence electrons. The van der Waals surface area contributed by atoms with Crippen LogP contribution in [0.15, 0.2) is 59.9 Å². The van der Waals surface area contributed by atoms with Gasteiger partial charge in [0.15, 0.2) is 5.16 Å². The maximum Gasteiger partial charge on any atom is 0.406 e. The van der Waals surface area contributed by atoms with Crippen molar-refractivity contribution in [3.63, 3.8) is 0 Å². The summed E-state index contributed by atoms with van der Waals surface area (Å²) in [4.78, 5) is 28.9. The molecular formula is C21H17F3N4O3S. The Hall–Kier alpha value is -3.34. The summed E-state index contributed by atoms with van der Waals surface area (Å²) in [5.41, 5.74) is 2.15. The van der Waals surface area contributed by atoms with E-state index in [1.165, 1.54) is 29.3 Å². The van der Waals surface area contributed by atoms with Crippen LogP contribution in [-0.4, -0.2) is 38.9 Å². The Morgan fingerprint density at radius 2 is 1.94 bits per heavy atom. The van der Waals surface area contributed by atoms with Crippen LogP contribution in [0.25, 0.3) is 11.3 Å². The number of rotatable bonds is 6. The Bertz CT molecular complexity index is 1160. The first-order chi connectivity index (χ1) is 15.2. The zero-order chi connectivity index (χ0) is 22.9. The lowest BCUT2D eigenvalue weighted by Crippen LogP contribution is -2.30. The number of imidazole rings is 1. The molecule has 0 atom stereocenters. The summed E-state index contributed by atoms with van der Waals surface area (Å²) in [7, 11) is 0. The van der Waals surface area contributed by atoms with Gasteiger partial charge < -0.3 is 9.47 Å². The third-order valence-electron chi connectivity index (χ3n) is 5.02. The molecule has 11 heteroatoms. The van der Waals surface area contributed by atoms with E-state index in [-0.39, 0.29) is 22.5 Å². The molecule has 0 saturated carbocycles. The number of alkyl halides is 3. The molecule has 0 radical (unpaired) electrons. The number of fused-ring (bicyclic) bond motifs is 1. The molecule has 1 aromatic heterocycles. The zero-order valence-corrected chi connectivity index (χ0v) is 17.4. The van der Waals surface area contributed by atoms with E-state index in [2.05, 4.69) is 4.98 Å². The van der Waals surface area contributed by atoms with Gasteiger partial charge in [0.05, 0.1) is 22.6 Å². The summed E-state index contributed by atoms with van der Waals surface area (Å²) in [6, 6.07) is 12.9. The molecule has 0 spiro atoms. The van der Waals surface area contributed by atoms with Crippen LogP contribution < -0.4 is 4.90 Å². The number of anilines is 1. The highest BCUT2D eigenvalue weighted by Crippen LogP contribution is 2.33. The molecule has 1 aliphatic heterocycles. The van der Waals surface area contributed by atoms with E-state index in [0.29, 0.717) is 35.5 Å². The third kappa shape index (κ3) is 4.62. The van der Waals surface area contributed by atoms with Crippen LogP contribution in [0.5, 0.6) is 0 Å². The van der Waals surface area contributed by atoms with Crippen molar-refractivity contribution in [2.24, 2.45) is 0 Å². The highest BCUT2D eigenvalue weighted by molar-refractivity contribution is 7.99. The highest BCUT2D eigenvalue weighted by Gasteiger charge is 2.32. The first-order valence-corrected chi connectivity index (χ1v) is 10.6. The van der Waals surface area contributed by atoms with Crippen molar-refractivity contribution >= 4 is 29.0 Å². The fourth-order valence-corrected chi connectivity index (χ4v) is 4.46. The summed E-state index contributed by atoms with van der Waals surface area (Å²) in [5.74, 6) is -0.412. The van der Waals surface area contributed by atoms with Gasteiger partial charge in [-0.15, -0.1) is 0 Å². The molecule has 0 unspecified atom stereocenters. The second kappa shape index (κ2) is 8.65.